The van der Waals surface area contributed by atoms with Gasteiger partial charge in [-0.15, -0.1) is 6.58 Å². The summed E-state index contributed by atoms with van der Waals surface area (Å²) in [4.78, 5) is 10.6. The van der Waals surface area contributed by atoms with E-state index in [1.807, 2.05) is 6.08 Å². The summed E-state index contributed by atoms with van der Waals surface area (Å²) in [5, 5.41) is 0.165. The number of carbonyl (C=O) groups excluding carboxylic acids is 1. The summed E-state index contributed by atoms with van der Waals surface area (Å²) in [7, 11) is -1.80. The molecule has 0 bridgehead atoms. The van der Waals surface area contributed by atoms with Gasteiger partial charge in [0, 0.05) is 6.92 Å². The number of esters is 1. The predicted octanol–water partition coefficient (Wildman–Crippen LogP) is 3.68. The topological polar surface area (TPSA) is 35.5 Å². The van der Waals surface area contributed by atoms with E-state index in [9.17, 15) is 4.79 Å². The van der Waals surface area contributed by atoms with E-state index in [0.29, 0.717) is 0 Å². The van der Waals surface area contributed by atoms with Crippen LogP contribution in [0.15, 0.2) is 24.8 Å². The molecule has 0 saturated carbocycles. The molecule has 0 heterocycles. The van der Waals surface area contributed by atoms with Crippen LogP contribution in [0.2, 0.25) is 18.1 Å². The quantitative estimate of drug-likeness (QED) is 0.419. The Morgan fingerprint density at radius 1 is 1.39 bits per heavy atom. The molecule has 0 rings (SSSR count). The summed E-state index contributed by atoms with van der Waals surface area (Å²) in [5.41, 5.74) is 0. The van der Waals surface area contributed by atoms with Gasteiger partial charge in [-0.25, -0.2) is 0 Å². The summed E-state index contributed by atoms with van der Waals surface area (Å²) in [6.45, 7) is 16.4. The van der Waals surface area contributed by atoms with Gasteiger partial charge in [0.25, 0.3) is 0 Å². The van der Waals surface area contributed by atoms with Gasteiger partial charge >= 0.3 is 5.97 Å². The van der Waals surface area contributed by atoms with Crippen molar-refractivity contribution in [3.63, 3.8) is 0 Å². The molecule has 1 unspecified atom stereocenters. The molecule has 0 N–H and O–H groups in total. The molecule has 0 aliphatic carbocycles. The van der Waals surface area contributed by atoms with Gasteiger partial charge in [0.15, 0.2) is 8.32 Å². The van der Waals surface area contributed by atoms with Crippen LogP contribution >= 0.6 is 0 Å². The van der Waals surface area contributed by atoms with Gasteiger partial charge in [0.1, 0.15) is 6.61 Å². The molecule has 0 aliphatic rings. The summed E-state index contributed by atoms with van der Waals surface area (Å²) in [5.74, 6) is -0.278. The first-order chi connectivity index (χ1) is 8.10. The molecule has 0 aromatic carbocycles. The van der Waals surface area contributed by atoms with Gasteiger partial charge in [0.2, 0.25) is 0 Å². The third kappa shape index (κ3) is 6.17. The molecular formula is C14H26O3Si. The van der Waals surface area contributed by atoms with Gasteiger partial charge in [-0.05, 0) is 24.2 Å². The number of ether oxygens (including phenoxy) is 1. The monoisotopic (exact) mass is 270 g/mol. The zero-order valence-corrected chi connectivity index (χ0v) is 13.4. The zero-order chi connectivity index (χ0) is 14.4. The number of hydrogen-bond acceptors (Lipinski definition) is 3. The highest BCUT2D eigenvalue weighted by Crippen LogP contribution is 2.37. The van der Waals surface area contributed by atoms with E-state index in [0.717, 1.165) is 0 Å². The summed E-state index contributed by atoms with van der Waals surface area (Å²) in [6, 6.07) is 0. The van der Waals surface area contributed by atoms with Crippen molar-refractivity contribution in [1.82, 2.24) is 0 Å². The first-order valence-corrected chi connectivity index (χ1v) is 9.11. The van der Waals surface area contributed by atoms with E-state index in [1.165, 1.54) is 6.92 Å². The molecule has 0 spiro atoms. The van der Waals surface area contributed by atoms with Crippen LogP contribution in [0.25, 0.3) is 0 Å². The van der Waals surface area contributed by atoms with Gasteiger partial charge in [-0.1, -0.05) is 32.9 Å². The number of rotatable bonds is 6. The molecule has 1 atom stereocenters. The highest BCUT2D eigenvalue weighted by atomic mass is 28.4. The Hall–Kier alpha value is -0.873. The van der Waals surface area contributed by atoms with Crippen molar-refractivity contribution < 1.29 is 14.0 Å². The Morgan fingerprint density at radius 2 is 1.94 bits per heavy atom. The largest absolute Gasteiger partial charge is 0.462 e. The smallest absolute Gasteiger partial charge is 0.302 e. The van der Waals surface area contributed by atoms with Crippen molar-refractivity contribution in [2.75, 3.05) is 6.61 Å². The first kappa shape index (κ1) is 17.1. The van der Waals surface area contributed by atoms with E-state index < -0.39 is 8.32 Å². The molecule has 0 radical (unpaired) electrons. The average molecular weight is 270 g/mol. The molecule has 0 aliphatic heterocycles. The number of hydrogen-bond donors (Lipinski definition) is 0. The van der Waals surface area contributed by atoms with Crippen molar-refractivity contribution >= 4 is 14.3 Å². The highest BCUT2D eigenvalue weighted by Gasteiger charge is 2.38. The molecule has 0 fully saturated rings. The second kappa shape index (κ2) is 6.90. The van der Waals surface area contributed by atoms with E-state index in [4.69, 9.17) is 9.16 Å². The van der Waals surface area contributed by atoms with Gasteiger partial charge in [-0.3, -0.25) is 4.79 Å². The summed E-state index contributed by atoms with van der Waals surface area (Å²) in [6.07, 6.45) is 5.32. The van der Waals surface area contributed by atoms with Crippen molar-refractivity contribution in [1.29, 1.82) is 0 Å². The lowest BCUT2D eigenvalue weighted by atomic mass is 10.2. The minimum Gasteiger partial charge on any atom is -0.462 e. The van der Waals surface area contributed by atoms with Crippen LogP contribution in [-0.2, 0) is 14.0 Å². The summed E-state index contributed by atoms with van der Waals surface area (Å²) < 4.78 is 11.0. The molecular weight excluding hydrogens is 244 g/mol. The summed E-state index contributed by atoms with van der Waals surface area (Å²) >= 11 is 0. The second-order valence-corrected chi connectivity index (χ2v) is 10.6. The Bertz CT molecular complexity index is 313. The fraction of sp³-hybridized carbons (Fsp3) is 0.643. The Labute approximate surface area is 112 Å². The lowest BCUT2D eigenvalue weighted by molar-refractivity contribution is -0.139. The van der Waals surface area contributed by atoms with Gasteiger partial charge in [0.05, 0.1) is 6.10 Å². The Kier molecular flexibility index (Phi) is 6.56. The molecule has 0 aromatic heterocycles. The molecule has 18 heavy (non-hydrogen) atoms. The van der Waals surface area contributed by atoms with E-state index in [1.54, 1.807) is 12.2 Å². The zero-order valence-electron chi connectivity index (χ0n) is 12.4. The molecule has 3 nitrogen and oxygen atoms in total. The van der Waals surface area contributed by atoms with Crippen LogP contribution in [0, 0.1) is 0 Å². The van der Waals surface area contributed by atoms with Crippen molar-refractivity contribution in [3.8, 4) is 0 Å². The molecule has 0 amide bonds. The van der Waals surface area contributed by atoms with Crippen LogP contribution < -0.4 is 0 Å². The first-order valence-electron chi connectivity index (χ1n) is 6.20. The molecule has 0 saturated heterocycles. The van der Waals surface area contributed by atoms with E-state index in [2.05, 4.69) is 40.4 Å². The predicted molar refractivity (Wildman–Crippen MR) is 78.0 cm³/mol. The standard InChI is InChI=1S/C14H26O3Si/c1-8-13(10-9-11-16-12(2)15)17-18(6,7)14(3,4)5/h8-10,13H,1,11H2,2-7H3. The van der Waals surface area contributed by atoms with Crippen LogP contribution in [0.4, 0.5) is 0 Å². The van der Waals surface area contributed by atoms with E-state index >= 15 is 0 Å². The van der Waals surface area contributed by atoms with Crippen LogP contribution in [-0.4, -0.2) is 27.0 Å². The van der Waals surface area contributed by atoms with Crippen LogP contribution in [0.1, 0.15) is 27.7 Å². The van der Waals surface area contributed by atoms with E-state index in [-0.39, 0.29) is 23.7 Å². The third-order valence-corrected chi connectivity index (χ3v) is 7.65. The van der Waals surface area contributed by atoms with Gasteiger partial charge in [-0.2, -0.15) is 0 Å². The molecule has 104 valence electrons. The molecule has 0 aromatic rings. The van der Waals surface area contributed by atoms with Crippen molar-refractivity contribution in [2.45, 2.75) is 51.9 Å². The fourth-order valence-electron chi connectivity index (χ4n) is 1.04. The minimum absolute atomic E-state index is 0.124. The normalized spacial score (nSPS) is 14.6. The highest BCUT2D eigenvalue weighted by molar-refractivity contribution is 6.74. The van der Waals surface area contributed by atoms with Crippen LogP contribution in [0.3, 0.4) is 0 Å². The SMILES string of the molecule is C=CC(C=CCOC(C)=O)O[Si](C)(C)C(C)(C)C. The van der Waals surface area contributed by atoms with Crippen molar-refractivity contribution in [3.05, 3.63) is 24.8 Å². The van der Waals surface area contributed by atoms with Gasteiger partial charge < -0.3 is 9.16 Å². The second-order valence-electron chi connectivity index (χ2n) is 5.81. The average Bonchev–Trinajstić information content (AvgIpc) is 2.20. The van der Waals surface area contributed by atoms with Crippen molar-refractivity contribution in [2.24, 2.45) is 0 Å². The maximum atomic E-state index is 10.6. The maximum Gasteiger partial charge on any atom is 0.302 e. The lowest BCUT2D eigenvalue weighted by Crippen LogP contribution is -2.43. The number of carbonyl (C=O) groups is 1. The molecule has 4 heteroatoms. The third-order valence-electron chi connectivity index (χ3n) is 3.18. The maximum absolute atomic E-state index is 10.6. The minimum atomic E-state index is -1.80. The Morgan fingerprint density at radius 3 is 2.33 bits per heavy atom. The fourth-order valence-corrected chi connectivity index (χ4v) is 2.25. The van der Waals surface area contributed by atoms with Crippen LogP contribution in [0.5, 0.6) is 0 Å². The lowest BCUT2D eigenvalue weighted by Gasteiger charge is -2.38. The Balaban J connectivity index is 4.44.